The quantitative estimate of drug-likeness (QED) is 0.412. The van der Waals surface area contributed by atoms with Crippen molar-refractivity contribution in [3.8, 4) is 0 Å². The minimum absolute atomic E-state index is 0.0494. The highest BCUT2D eigenvalue weighted by Crippen LogP contribution is 2.15. The molecule has 1 aromatic rings. The lowest BCUT2D eigenvalue weighted by atomic mass is 10.0. The zero-order chi connectivity index (χ0) is 21.3. The maximum atomic E-state index is 12.4. The molecular weight excluding hydrogens is 368 g/mol. The minimum Gasteiger partial charge on any atom is -0.478 e. The molecule has 0 bridgehead atoms. The van der Waals surface area contributed by atoms with E-state index in [1.807, 2.05) is 0 Å². The Balaban J connectivity index is 2.90. The Bertz CT molecular complexity index is 745. The van der Waals surface area contributed by atoms with Gasteiger partial charge in [0.2, 0.25) is 0 Å². The van der Waals surface area contributed by atoms with Crippen LogP contribution in [0.2, 0.25) is 0 Å². The summed E-state index contributed by atoms with van der Waals surface area (Å²) in [5.74, 6) is -3.68. The van der Waals surface area contributed by atoms with Crippen LogP contribution < -0.4 is 0 Å². The van der Waals surface area contributed by atoms with Gasteiger partial charge in [-0.3, -0.25) is 0 Å². The van der Waals surface area contributed by atoms with Crippen molar-refractivity contribution < 1.29 is 38.8 Å². The molecule has 0 spiro atoms. The molecule has 0 saturated heterocycles. The Kier molecular flexibility index (Phi) is 9.07. The first-order valence-electron chi connectivity index (χ1n) is 8.37. The summed E-state index contributed by atoms with van der Waals surface area (Å²) in [5.41, 5.74) is 0.574. The first kappa shape index (κ1) is 23.1. The standard InChI is InChI=1S/C20H24O8/c1-12(2)8-26-10-15(11-27-9-13(3)4)28-20(25)14-5-6-16(18(21)22)17(7-14)19(23)24/h5-7,15H,1,3,8-11H2,2,4H3,(H,21,22)(H,23,24). The molecule has 0 amide bonds. The van der Waals surface area contributed by atoms with Crippen LogP contribution in [-0.2, 0) is 14.2 Å². The predicted octanol–water partition coefficient (Wildman–Crippen LogP) is 2.79. The van der Waals surface area contributed by atoms with Gasteiger partial charge in [0.15, 0.2) is 0 Å². The number of esters is 1. The molecule has 8 heteroatoms. The van der Waals surface area contributed by atoms with Gasteiger partial charge in [0.05, 0.1) is 43.1 Å². The van der Waals surface area contributed by atoms with E-state index in [-0.39, 0.29) is 32.0 Å². The van der Waals surface area contributed by atoms with Gasteiger partial charge >= 0.3 is 17.9 Å². The van der Waals surface area contributed by atoms with Crippen LogP contribution in [0, 0.1) is 0 Å². The van der Waals surface area contributed by atoms with E-state index in [0.717, 1.165) is 23.3 Å². The summed E-state index contributed by atoms with van der Waals surface area (Å²) >= 11 is 0. The molecule has 0 saturated carbocycles. The van der Waals surface area contributed by atoms with E-state index < -0.39 is 35.1 Å². The molecule has 0 aliphatic rings. The topological polar surface area (TPSA) is 119 Å². The molecule has 0 aliphatic carbocycles. The first-order valence-corrected chi connectivity index (χ1v) is 8.37. The minimum atomic E-state index is -1.46. The number of carboxylic acid groups (broad SMARTS) is 2. The lowest BCUT2D eigenvalue weighted by molar-refractivity contribution is -0.0336. The summed E-state index contributed by atoms with van der Waals surface area (Å²) in [4.78, 5) is 34.8. The Morgan fingerprint density at radius 3 is 1.86 bits per heavy atom. The summed E-state index contributed by atoms with van der Waals surface area (Å²) in [6.07, 6.45) is -0.751. The third kappa shape index (κ3) is 7.73. The number of carbonyl (C=O) groups is 3. The lowest BCUT2D eigenvalue weighted by Crippen LogP contribution is -2.29. The fourth-order valence-electron chi connectivity index (χ4n) is 2.10. The fourth-order valence-corrected chi connectivity index (χ4v) is 2.10. The largest absolute Gasteiger partial charge is 0.478 e. The van der Waals surface area contributed by atoms with E-state index in [1.54, 1.807) is 13.8 Å². The molecule has 0 fully saturated rings. The van der Waals surface area contributed by atoms with Crippen LogP contribution in [0.1, 0.15) is 44.9 Å². The molecule has 0 unspecified atom stereocenters. The number of hydrogen-bond donors (Lipinski definition) is 2. The van der Waals surface area contributed by atoms with Gasteiger partial charge < -0.3 is 24.4 Å². The average molecular weight is 392 g/mol. The molecule has 0 aromatic heterocycles. The zero-order valence-corrected chi connectivity index (χ0v) is 15.9. The van der Waals surface area contributed by atoms with E-state index in [0.29, 0.717) is 0 Å². The molecule has 0 heterocycles. The van der Waals surface area contributed by atoms with E-state index in [4.69, 9.17) is 24.4 Å². The molecule has 1 rings (SSSR count). The zero-order valence-electron chi connectivity index (χ0n) is 15.9. The van der Waals surface area contributed by atoms with E-state index >= 15 is 0 Å². The van der Waals surface area contributed by atoms with Crippen LogP contribution in [0.4, 0.5) is 0 Å². The molecule has 0 aliphatic heterocycles. The highest BCUT2D eigenvalue weighted by molar-refractivity contribution is 6.03. The van der Waals surface area contributed by atoms with Crippen LogP contribution in [0.5, 0.6) is 0 Å². The second kappa shape index (κ2) is 11.0. The van der Waals surface area contributed by atoms with Gasteiger partial charge in [0.1, 0.15) is 6.10 Å². The van der Waals surface area contributed by atoms with Gasteiger partial charge in [0.25, 0.3) is 0 Å². The van der Waals surface area contributed by atoms with Gasteiger partial charge in [-0.1, -0.05) is 24.3 Å². The molecule has 8 nitrogen and oxygen atoms in total. The van der Waals surface area contributed by atoms with Crippen LogP contribution in [-0.4, -0.2) is 60.7 Å². The maximum absolute atomic E-state index is 12.4. The molecule has 28 heavy (non-hydrogen) atoms. The van der Waals surface area contributed by atoms with Crippen molar-refractivity contribution in [2.75, 3.05) is 26.4 Å². The fraction of sp³-hybridized carbons (Fsp3) is 0.350. The van der Waals surface area contributed by atoms with E-state index in [2.05, 4.69) is 13.2 Å². The van der Waals surface area contributed by atoms with Gasteiger partial charge in [-0.2, -0.15) is 0 Å². The number of carbonyl (C=O) groups excluding carboxylic acids is 1. The molecule has 0 atom stereocenters. The van der Waals surface area contributed by atoms with Crippen LogP contribution >= 0.6 is 0 Å². The van der Waals surface area contributed by atoms with Crippen molar-refractivity contribution >= 4 is 17.9 Å². The number of hydrogen-bond acceptors (Lipinski definition) is 6. The Labute approximate surface area is 163 Å². The van der Waals surface area contributed by atoms with Gasteiger partial charge in [0, 0.05) is 0 Å². The van der Waals surface area contributed by atoms with Gasteiger partial charge in [-0.25, -0.2) is 14.4 Å². The molecule has 152 valence electrons. The monoisotopic (exact) mass is 392 g/mol. The van der Waals surface area contributed by atoms with Crippen LogP contribution in [0.25, 0.3) is 0 Å². The number of rotatable bonds is 12. The van der Waals surface area contributed by atoms with Crippen molar-refractivity contribution in [2.45, 2.75) is 20.0 Å². The number of benzene rings is 1. The average Bonchev–Trinajstić information content (AvgIpc) is 2.60. The van der Waals surface area contributed by atoms with Crippen molar-refractivity contribution in [2.24, 2.45) is 0 Å². The summed E-state index contributed by atoms with van der Waals surface area (Å²) in [7, 11) is 0. The van der Waals surface area contributed by atoms with Gasteiger partial charge in [-0.05, 0) is 32.0 Å². The summed E-state index contributed by atoms with van der Waals surface area (Å²) in [6, 6.07) is 3.21. The number of carboxylic acids is 2. The highest BCUT2D eigenvalue weighted by Gasteiger charge is 2.21. The Morgan fingerprint density at radius 2 is 1.43 bits per heavy atom. The van der Waals surface area contributed by atoms with Crippen LogP contribution in [0.15, 0.2) is 42.5 Å². The second-order valence-electron chi connectivity index (χ2n) is 6.34. The van der Waals surface area contributed by atoms with Crippen molar-refractivity contribution in [1.82, 2.24) is 0 Å². The molecule has 2 N–H and O–H groups in total. The maximum Gasteiger partial charge on any atom is 0.338 e. The second-order valence-corrected chi connectivity index (χ2v) is 6.34. The Hall–Kier alpha value is -2.97. The normalized spacial score (nSPS) is 10.5. The van der Waals surface area contributed by atoms with Crippen molar-refractivity contribution in [3.63, 3.8) is 0 Å². The summed E-state index contributed by atoms with van der Waals surface area (Å²) in [6.45, 7) is 11.7. The smallest absolute Gasteiger partial charge is 0.338 e. The third-order valence-electron chi connectivity index (χ3n) is 3.29. The predicted molar refractivity (Wildman–Crippen MR) is 101 cm³/mol. The van der Waals surface area contributed by atoms with Crippen molar-refractivity contribution in [1.29, 1.82) is 0 Å². The van der Waals surface area contributed by atoms with E-state index in [1.165, 1.54) is 6.07 Å². The van der Waals surface area contributed by atoms with Gasteiger partial charge in [-0.15, -0.1) is 0 Å². The Morgan fingerprint density at radius 1 is 0.929 bits per heavy atom. The SMILES string of the molecule is C=C(C)COCC(COCC(=C)C)OC(=O)c1ccc(C(=O)O)c(C(=O)O)c1. The van der Waals surface area contributed by atoms with Crippen LogP contribution in [0.3, 0.4) is 0 Å². The first-order chi connectivity index (χ1) is 13.1. The lowest BCUT2D eigenvalue weighted by Gasteiger charge is -2.19. The highest BCUT2D eigenvalue weighted by atomic mass is 16.6. The molecular formula is C20H24O8. The number of ether oxygens (including phenoxy) is 3. The summed E-state index contributed by atoms with van der Waals surface area (Å²) < 4.78 is 16.2. The van der Waals surface area contributed by atoms with E-state index in [9.17, 15) is 14.4 Å². The third-order valence-corrected chi connectivity index (χ3v) is 3.29. The van der Waals surface area contributed by atoms with Crippen molar-refractivity contribution in [3.05, 3.63) is 59.2 Å². The molecule has 1 aromatic carbocycles. The molecule has 0 radical (unpaired) electrons. The number of aromatic carboxylic acids is 2. The summed E-state index contributed by atoms with van der Waals surface area (Å²) in [5, 5.41) is 18.2.